The highest BCUT2D eigenvalue weighted by Gasteiger charge is 2.11. The third kappa shape index (κ3) is 2.37. The molecule has 2 rings (SSSR count). The summed E-state index contributed by atoms with van der Waals surface area (Å²) in [4.78, 5) is 0. The maximum Gasteiger partial charge on any atom is 0.168 e. The van der Waals surface area contributed by atoms with Gasteiger partial charge in [0.2, 0.25) is 0 Å². The van der Waals surface area contributed by atoms with Crippen LogP contribution >= 0.6 is 0 Å². The van der Waals surface area contributed by atoms with E-state index in [9.17, 15) is 4.39 Å². The Hall–Kier alpha value is -2.24. The Morgan fingerprint density at radius 1 is 1.39 bits per heavy atom. The van der Waals surface area contributed by atoms with Crippen molar-refractivity contribution in [3.8, 4) is 17.2 Å². The molecule has 0 aliphatic heterocycles. The Morgan fingerprint density at radius 3 is 2.78 bits per heavy atom. The molecule has 0 atom stereocenters. The van der Waals surface area contributed by atoms with Crippen molar-refractivity contribution in [3.63, 3.8) is 0 Å². The molecule has 1 aromatic heterocycles. The van der Waals surface area contributed by atoms with E-state index in [0.717, 1.165) is 6.54 Å². The predicted molar refractivity (Wildman–Crippen MR) is 65.3 cm³/mol. The molecule has 96 valence electrons. The second kappa shape index (κ2) is 4.95. The summed E-state index contributed by atoms with van der Waals surface area (Å²) in [6.07, 6.45) is 3.20. The summed E-state index contributed by atoms with van der Waals surface area (Å²) in [5.74, 6) is 0.339. The fourth-order valence-electron chi connectivity index (χ4n) is 1.50. The van der Waals surface area contributed by atoms with Gasteiger partial charge in [-0.3, -0.25) is 4.68 Å². The molecule has 0 saturated carbocycles. The van der Waals surface area contributed by atoms with Crippen molar-refractivity contribution in [1.82, 2.24) is 9.78 Å². The van der Waals surface area contributed by atoms with E-state index in [-0.39, 0.29) is 11.4 Å². The quantitative estimate of drug-likeness (QED) is 0.848. The fourth-order valence-corrected chi connectivity index (χ4v) is 1.50. The number of aryl methyl sites for hydroxylation is 1. The number of hydrogen-bond acceptors (Lipinski definition) is 4. The van der Waals surface area contributed by atoms with Crippen molar-refractivity contribution in [2.24, 2.45) is 0 Å². The maximum atomic E-state index is 13.7. The van der Waals surface area contributed by atoms with E-state index in [1.807, 2.05) is 6.92 Å². The number of hydrogen-bond donors (Lipinski definition) is 1. The summed E-state index contributed by atoms with van der Waals surface area (Å²) in [6.45, 7) is 2.67. The molecule has 0 radical (unpaired) electrons. The van der Waals surface area contributed by atoms with E-state index >= 15 is 0 Å². The average molecular weight is 251 g/mol. The second-order valence-electron chi connectivity index (χ2n) is 3.66. The van der Waals surface area contributed by atoms with Crippen LogP contribution in [0, 0.1) is 5.82 Å². The third-order valence-corrected chi connectivity index (χ3v) is 2.45. The lowest BCUT2D eigenvalue weighted by molar-refractivity contribution is 0.403. The second-order valence-corrected chi connectivity index (χ2v) is 3.66. The summed E-state index contributed by atoms with van der Waals surface area (Å²) in [5.41, 5.74) is 5.81. The van der Waals surface area contributed by atoms with Gasteiger partial charge in [0.15, 0.2) is 17.3 Å². The van der Waals surface area contributed by atoms with Crippen LogP contribution in [0.1, 0.15) is 6.92 Å². The first-order valence-corrected chi connectivity index (χ1v) is 5.47. The van der Waals surface area contributed by atoms with Crippen LogP contribution in [0.2, 0.25) is 0 Å². The summed E-state index contributed by atoms with van der Waals surface area (Å²) in [6, 6.07) is 2.58. The molecular formula is C12H14FN3O2. The molecule has 2 aromatic rings. The van der Waals surface area contributed by atoms with Crippen LogP contribution in [0.25, 0.3) is 0 Å². The van der Waals surface area contributed by atoms with E-state index < -0.39 is 5.82 Å². The van der Waals surface area contributed by atoms with Gasteiger partial charge in [-0.25, -0.2) is 4.39 Å². The minimum atomic E-state index is -0.544. The maximum absolute atomic E-state index is 13.7. The van der Waals surface area contributed by atoms with Gasteiger partial charge in [0.1, 0.15) is 5.75 Å². The van der Waals surface area contributed by atoms with Crippen molar-refractivity contribution in [2.75, 3.05) is 12.8 Å². The van der Waals surface area contributed by atoms with Gasteiger partial charge in [-0.2, -0.15) is 5.10 Å². The number of methoxy groups -OCH3 is 1. The van der Waals surface area contributed by atoms with E-state index in [4.69, 9.17) is 15.2 Å². The molecule has 0 aliphatic rings. The Balaban J connectivity index is 2.28. The van der Waals surface area contributed by atoms with Gasteiger partial charge >= 0.3 is 0 Å². The van der Waals surface area contributed by atoms with Crippen LogP contribution in [0.4, 0.5) is 10.1 Å². The molecule has 0 spiro atoms. The summed E-state index contributed by atoms with van der Waals surface area (Å²) in [7, 11) is 1.46. The van der Waals surface area contributed by atoms with Crippen molar-refractivity contribution in [3.05, 3.63) is 30.3 Å². The number of aromatic nitrogens is 2. The number of nitrogen functional groups attached to an aromatic ring is 1. The molecule has 0 amide bonds. The minimum Gasteiger partial charge on any atom is -0.494 e. The first-order valence-electron chi connectivity index (χ1n) is 5.47. The number of anilines is 1. The summed E-state index contributed by atoms with van der Waals surface area (Å²) >= 11 is 0. The average Bonchev–Trinajstić information content (AvgIpc) is 2.80. The normalized spacial score (nSPS) is 10.4. The van der Waals surface area contributed by atoms with Gasteiger partial charge in [0.25, 0.3) is 0 Å². The van der Waals surface area contributed by atoms with Gasteiger partial charge in [-0.15, -0.1) is 0 Å². The highest BCUT2D eigenvalue weighted by atomic mass is 19.1. The number of ether oxygens (including phenoxy) is 2. The number of benzene rings is 1. The van der Waals surface area contributed by atoms with Crippen molar-refractivity contribution in [1.29, 1.82) is 0 Å². The molecule has 0 saturated heterocycles. The lowest BCUT2D eigenvalue weighted by Crippen LogP contribution is -1.96. The molecule has 1 heterocycles. The Morgan fingerprint density at radius 2 is 2.17 bits per heavy atom. The number of nitrogens with two attached hydrogens (primary N) is 1. The highest BCUT2D eigenvalue weighted by molar-refractivity contribution is 5.56. The monoisotopic (exact) mass is 251 g/mol. The lowest BCUT2D eigenvalue weighted by atomic mass is 10.2. The highest BCUT2D eigenvalue weighted by Crippen LogP contribution is 2.32. The van der Waals surface area contributed by atoms with Gasteiger partial charge in [-0.1, -0.05) is 0 Å². The largest absolute Gasteiger partial charge is 0.494 e. The van der Waals surface area contributed by atoms with Crippen molar-refractivity contribution >= 4 is 5.69 Å². The van der Waals surface area contributed by atoms with Crippen LogP contribution in [-0.4, -0.2) is 16.9 Å². The molecule has 0 unspecified atom stereocenters. The molecule has 0 fully saturated rings. The van der Waals surface area contributed by atoms with Gasteiger partial charge in [0.05, 0.1) is 25.2 Å². The Labute approximate surface area is 104 Å². The Kier molecular flexibility index (Phi) is 3.36. The summed E-state index contributed by atoms with van der Waals surface area (Å²) in [5, 5.41) is 4.03. The molecule has 0 bridgehead atoms. The number of halogens is 1. The lowest BCUT2D eigenvalue weighted by Gasteiger charge is -2.09. The van der Waals surface area contributed by atoms with Crippen LogP contribution in [0.15, 0.2) is 24.5 Å². The zero-order valence-electron chi connectivity index (χ0n) is 10.2. The van der Waals surface area contributed by atoms with E-state index in [0.29, 0.717) is 11.5 Å². The standard InChI is InChI=1S/C12H14FN3O2/c1-3-16-7-8(6-15-16)18-11-5-12(17-2)10(14)4-9(11)13/h4-7H,3,14H2,1-2H3. The molecular weight excluding hydrogens is 237 g/mol. The molecule has 1 aromatic carbocycles. The van der Waals surface area contributed by atoms with Gasteiger partial charge < -0.3 is 15.2 Å². The summed E-state index contributed by atoms with van der Waals surface area (Å²) < 4.78 is 25.7. The molecule has 2 N–H and O–H groups in total. The topological polar surface area (TPSA) is 62.3 Å². The van der Waals surface area contributed by atoms with E-state index in [2.05, 4.69) is 5.10 Å². The van der Waals surface area contributed by atoms with Crippen LogP contribution in [0.5, 0.6) is 17.2 Å². The number of nitrogens with zero attached hydrogens (tertiary/aromatic N) is 2. The SMILES string of the molecule is CCn1cc(Oc2cc(OC)c(N)cc2F)cn1. The van der Waals surface area contributed by atoms with Gasteiger partial charge in [-0.05, 0) is 6.92 Å². The van der Waals surface area contributed by atoms with Gasteiger partial charge in [0, 0.05) is 18.7 Å². The predicted octanol–water partition coefficient (Wildman–Crippen LogP) is 2.43. The van der Waals surface area contributed by atoms with Crippen LogP contribution in [-0.2, 0) is 6.54 Å². The zero-order chi connectivity index (χ0) is 13.1. The number of rotatable bonds is 4. The van der Waals surface area contributed by atoms with Crippen molar-refractivity contribution in [2.45, 2.75) is 13.5 Å². The van der Waals surface area contributed by atoms with Crippen LogP contribution < -0.4 is 15.2 Å². The van der Waals surface area contributed by atoms with E-state index in [1.165, 1.54) is 25.4 Å². The van der Waals surface area contributed by atoms with Crippen molar-refractivity contribution < 1.29 is 13.9 Å². The molecule has 5 nitrogen and oxygen atoms in total. The molecule has 6 heteroatoms. The first-order chi connectivity index (χ1) is 8.63. The fraction of sp³-hybridized carbons (Fsp3) is 0.250. The first kappa shape index (κ1) is 12.2. The molecule has 0 aliphatic carbocycles. The minimum absolute atomic E-state index is 0.0525. The van der Waals surface area contributed by atoms with E-state index in [1.54, 1.807) is 10.9 Å². The third-order valence-electron chi connectivity index (χ3n) is 2.45. The smallest absolute Gasteiger partial charge is 0.168 e. The zero-order valence-corrected chi connectivity index (χ0v) is 10.2. The molecule has 18 heavy (non-hydrogen) atoms. The van der Waals surface area contributed by atoms with Crippen LogP contribution in [0.3, 0.4) is 0 Å². The Bertz CT molecular complexity index is 554.